The van der Waals surface area contributed by atoms with Crippen molar-refractivity contribution in [3.05, 3.63) is 34.1 Å². The lowest BCUT2D eigenvalue weighted by atomic mass is 9.96. The van der Waals surface area contributed by atoms with E-state index in [9.17, 15) is 27.2 Å². The molecule has 2 rings (SSSR count). The van der Waals surface area contributed by atoms with Gasteiger partial charge in [0.25, 0.3) is 0 Å². The molecule has 0 aromatic heterocycles. The second kappa shape index (κ2) is 6.46. The van der Waals surface area contributed by atoms with Gasteiger partial charge in [-0.3, -0.25) is 9.59 Å². The number of nitrogens with zero attached hydrogens (tertiary/aromatic N) is 1. The summed E-state index contributed by atoms with van der Waals surface area (Å²) in [5.41, 5.74) is 0.304. The number of benzene rings is 1. The standard InChI is InChI=1S/C14H12BrF4NO3/c15-10-2-1-7(3-11(10)16)4-12(21)20-5-8(13(22)23)9(6-20)14(17,18)19/h1-3,8-9H,4-6H2,(H,22,23)/t8-,9-/m1/s1. The molecule has 1 heterocycles. The van der Waals surface area contributed by atoms with Crippen LogP contribution in [-0.4, -0.2) is 41.1 Å². The second-order valence-electron chi connectivity index (χ2n) is 5.32. The van der Waals surface area contributed by atoms with E-state index in [1.54, 1.807) is 0 Å². The first-order chi connectivity index (χ1) is 10.6. The van der Waals surface area contributed by atoms with Gasteiger partial charge in [0.2, 0.25) is 5.91 Å². The Morgan fingerprint density at radius 3 is 2.43 bits per heavy atom. The Morgan fingerprint density at radius 1 is 1.30 bits per heavy atom. The first kappa shape index (κ1) is 17.7. The number of carbonyl (C=O) groups excluding carboxylic acids is 1. The van der Waals surface area contributed by atoms with Gasteiger partial charge in [0.15, 0.2) is 0 Å². The van der Waals surface area contributed by atoms with Crippen molar-refractivity contribution in [2.24, 2.45) is 11.8 Å². The number of hydrogen-bond donors (Lipinski definition) is 1. The number of carbonyl (C=O) groups is 2. The lowest BCUT2D eigenvalue weighted by Gasteiger charge is -2.18. The molecule has 1 aliphatic rings. The summed E-state index contributed by atoms with van der Waals surface area (Å²) in [6, 6.07) is 3.96. The van der Waals surface area contributed by atoms with Crippen molar-refractivity contribution in [2.45, 2.75) is 12.6 Å². The van der Waals surface area contributed by atoms with Gasteiger partial charge in [0.05, 0.1) is 22.7 Å². The maximum Gasteiger partial charge on any atom is 0.394 e. The maximum absolute atomic E-state index is 13.4. The van der Waals surface area contributed by atoms with Crippen LogP contribution in [0.1, 0.15) is 5.56 Å². The molecule has 1 N–H and O–H groups in total. The summed E-state index contributed by atoms with van der Waals surface area (Å²) in [7, 11) is 0. The summed E-state index contributed by atoms with van der Waals surface area (Å²) >= 11 is 2.95. The Hall–Kier alpha value is -1.64. The third kappa shape index (κ3) is 4.01. The number of likely N-dealkylation sites (tertiary alicyclic amines) is 1. The molecule has 1 aromatic carbocycles. The largest absolute Gasteiger partial charge is 0.481 e. The van der Waals surface area contributed by atoms with Crippen molar-refractivity contribution in [3.63, 3.8) is 0 Å². The van der Waals surface area contributed by atoms with Crippen molar-refractivity contribution >= 4 is 27.8 Å². The number of halogens is 5. The molecule has 1 fully saturated rings. The molecule has 2 atom stereocenters. The quantitative estimate of drug-likeness (QED) is 0.797. The smallest absolute Gasteiger partial charge is 0.394 e. The van der Waals surface area contributed by atoms with Crippen LogP contribution in [0.25, 0.3) is 0 Å². The number of aliphatic carboxylic acids is 1. The van der Waals surface area contributed by atoms with Crippen LogP contribution in [0, 0.1) is 17.7 Å². The number of hydrogen-bond acceptors (Lipinski definition) is 2. The van der Waals surface area contributed by atoms with Gasteiger partial charge in [0.1, 0.15) is 5.82 Å². The zero-order valence-corrected chi connectivity index (χ0v) is 13.2. The normalized spacial score (nSPS) is 21.5. The van der Waals surface area contributed by atoms with Crippen LogP contribution in [-0.2, 0) is 16.0 Å². The number of carboxylic acids is 1. The Labute approximate surface area is 137 Å². The van der Waals surface area contributed by atoms with Crippen LogP contribution >= 0.6 is 15.9 Å². The monoisotopic (exact) mass is 397 g/mol. The molecule has 0 saturated carbocycles. The van der Waals surface area contributed by atoms with Gasteiger partial charge < -0.3 is 10.0 Å². The Morgan fingerprint density at radius 2 is 1.96 bits per heavy atom. The summed E-state index contributed by atoms with van der Waals surface area (Å²) < 4.78 is 52.2. The summed E-state index contributed by atoms with van der Waals surface area (Å²) in [4.78, 5) is 23.9. The molecular weight excluding hydrogens is 386 g/mol. The summed E-state index contributed by atoms with van der Waals surface area (Å²) in [6.45, 7) is -1.20. The number of carboxylic acid groups (broad SMARTS) is 1. The Balaban J connectivity index is 2.11. The topological polar surface area (TPSA) is 57.6 Å². The zero-order valence-electron chi connectivity index (χ0n) is 11.6. The van der Waals surface area contributed by atoms with Gasteiger partial charge >= 0.3 is 12.1 Å². The second-order valence-corrected chi connectivity index (χ2v) is 6.17. The van der Waals surface area contributed by atoms with Gasteiger partial charge in [-0.1, -0.05) is 6.07 Å². The highest BCUT2D eigenvalue weighted by molar-refractivity contribution is 9.10. The molecule has 23 heavy (non-hydrogen) atoms. The van der Waals surface area contributed by atoms with E-state index < -0.39 is 48.8 Å². The van der Waals surface area contributed by atoms with E-state index in [-0.39, 0.29) is 10.9 Å². The molecule has 1 aromatic rings. The van der Waals surface area contributed by atoms with Crippen LogP contribution in [0.4, 0.5) is 17.6 Å². The van der Waals surface area contributed by atoms with E-state index in [1.165, 1.54) is 12.1 Å². The molecule has 0 radical (unpaired) electrons. The SMILES string of the molecule is O=C(O)[C@@H]1CN(C(=O)Cc2ccc(Br)c(F)c2)C[C@H]1C(F)(F)F. The molecule has 4 nitrogen and oxygen atoms in total. The molecule has 1 aliphatic heterocycles. The molecule has 0 unspecified atom stereocenters. The lowest BCUT2D eigenvalue weighted by molar-refractivity contribution is -0.188. The zero-order chi connectivity index (χ0) is 17.4. The van der Waals surface area contributed by atoms with Crippen LogP contribution < -0.4 is 0 Å². The minimum atomic E-state index is -4.69. The number of rotatable bonds is 3. The highest BCUT2D eigenvalue weighted by Crippen LogP contribution is 2.37. The minimum absolute atomic E-state index is 0.206. The van der Waals surface area contributed by atoms with E-state index in [0.29, 0.717) is 5.56 Å². The third-order valence-corrected chi connectivity index (χ3v) is 4.39. The number of alkyl halides is 3. The van der Waals surface area contributed by atoms with E-state index >= 15 is 0 Å². The van der Waals surface area contributed by atoms with Crippen LogP contribution in [0.2, 0.25) is 0 Å². The third-order valence-electron chi connectivity index (χ3n) is 3.75. The highest BCUT2D eigenvalue weighted by Gasteiger charge is 2.53. The summed E-state index contributed by atoms with van der Waals surface area (Å²) in [5.74, 6) is -6.61. The molecular formula is C14H12BrF4NO3. The Bertz CT molecular complexity index is 635. The average Bonchev–Trinajstić information content (AvgIpc) is 2.88. The van der Waals surface area contributed by atoms with Crippen LogP contribution in [0.3, 0.4) is 0 Å². The van der Waals surface area contributed by atoms with Crippen molar-refractivity contribution in [1.82, 2.24) is 4.90 Å². The fourth-order valence-electron chi connectivity index (χ4n) is 2.53. The van der Waals surface area contributed by atoms with E-state index in [0.717, 1.165) is 11.0 Å². The van der Waals surface area contributed by atoms with E-state index in [4.69, 9.17) is 5.11 Å². The van der Waals surface area contributed by atoms with E-state index in [2.05, 4.69) is 15.9 Å². The van der Waals surface area contributed by atoms with Crippen LogP contribution in [0.15, 0.2) is 22.7 Å². The molecule has 0 spiro atoms. The highest BCUT2D eigenvalue weighted by atomic mass is 79.9. The average molecular weight is 398 g/mol. The molecule has 1 amide bonds. The fraction of sp³-hybridized carbons (Fsp3) is 0.429. The van der Waals surface area contributed by atoms with Crippen molar-refractivity contribution < 1.29 is 32.3 Å². The fourth-order valence-corrected chi connectivity index (χ4v) is 2.77. The first-order valence-electron chi connectivity index (χ1n) is 6.61. The molecule has 0 bridgehead atoms. The minimum Gasteiger partial charge on any atom is -0.481 e. The lowest BCUT2D eigenvalue weighted by Crippen LogP contribution is -2.34. The number of amides is 1. The van der Waals surface area contributed by atoms with Gasteiger partial charge in [-0.15, -0.1) is 0 Å². The predicted molar refractivity (Wildman–Crippen MR) is 75.1 cm³/mol. The van der Waals surface area contributed by atoms with Crippen molar-refractivity contribution in [3.8, 4) is 0 Å². The molecule has 0 aliphatic carbocycles. The maximum atomic E-state index is 13.4. The Kier molecular flexibility index (Phi) is 4.98. The summed E-state index contributed by atoms with van der Waals surface area (Å²) in [6.07, 6.45) is -4.98. The van der Waals surface area contributed by atoms with E-state index in [1.807, 2.05) is 0 Å². The molecule has 1 saturated heterocycles. The van der Waals surface area contributed by atoms with Gasteiger partial charge in [0, 0.05) is 13.1 Å². The van der Waals surface area contributed by atoms with Crippen molar-refractivity contribution in [2.75, 3.05) is 13.1 Å². The van der Waals surface area contributed by atoms with Crippen LogP contribution in [0.5, 0.6) is 0 Å². The van der Waals surface area contributed by atoms with Gasteiger partial charge in [-0.05, 0) is 33.6 Å². The van der Waals surface area contributed by atoms with Crippen molar-refractivity contribution in [1.29, 1.82) is 0 Å². The molecule has 9 heteroatoms. The molecule has 126 valence electrons. The predicted octanol–water partition coefficient (Wildman–Crippen LogP) is 2.85. The first-order valence-corrected chi connectivity index (χ1v) is 7.40. The van der Waals surface area contributed by atoms with Gasteiger partial charge in [-0.2, -0.15) is 13.2 Å². The summed E-state index contributed by atoms with van der Waals surface area (Å²) in [5, 5.41) is 8.91. The van der Waals surface area contributed by atoms with Gasteiger partial charge in [-0.25, -0.2) is 4.39 Å².